The van der Waals surface area contributed by atoms with E-state index in [1.165, 1.54) is 0 Å². The van der Waals surface area contributed by atoms with Crippen LogP contribution < -0.4 is 0 Å². The highest BCUT2D eigenvalue weighted by molar-refractivity contribution is 6.25. The molecular weight excluding hydrogens is 701 g/mol. The van der Waals surface area contributed by atoms with Gasteiger partial charge in [-0.2, -0.15) is 5.26 Å². The third-order valence-electron chi connectivity index (χ3n) is 10.9. The van der Waals surface area contributed by atoms with Gasteiger partial charge in [-0.25, -0.2) is 15.0 Å². The summed E-state index contributed by atoms with van der Waals surface area (Å²) in [5, 5.41) is 13.9. The molecule has 0 fully saturated rings. The lowest BCUT2D eigenvalue weighted by Crippen LogP contribution is -2.10. The predicted octanol–water partition coefficient (Wildman–Crippen LogP) is 12.1. The fourth-order valence-corrected chi connectivity index (χ4v) is 8.31. The fraction of sp³-hybridized carbons (Fsp3) is 0.0400. The minimum atomic E-state index is 0.500. The quantitative estimate of drug-likeness (QED) is 0.177. The molecule has 3 aromatic heterocycles. The molecular formula is C50H32N6O. The molecule has 0 saturated heterocycles. The average molecular weight is 733 g/mol. The summed E-state index contributed by atoms with van der Waals surface area (Å²) in [6, 6.07) is 58.0. The van der Waals surface area contributed by atoms with E-state index >= 15 is 0 Å². The molecule has 0 atom stereocenters. The SMILES string of the molecule is N#Cc1ccc(-c2nc3c(-n4c5ccccc5c5ccc6c7ccccc7n(C7=CCCC(c8ccccc8)=NC(c8ccccc8)=N7)c6c54)cccc3o2)cc1. The lowest BCUT2D eigenvalue weighted by Gasteiger charge is -2.16. The van der Waals surface area contributed by atoms with Crippen molar-refractivity contribution in [1.82, 2.24) is 14.1 Å². The number of amidine groups is 1. The lowest BCUT2D eigenvalue weighted by atomic mass is 10.0. The molecule has 4 heterocycles. The van der Waals surface area contributed by atoms with Gasteiger partial charge < -0.3 is 8.98 Å². The molecule has 0 unspecified atom stereocenters. The Kier molecular flexibility index (Phi) is 7.54. The number of hydrogen-bond acceptors (Lipinski definition) is 5. The third kappa shape index (κ3) is 5.30. The zero-order chi connectivity index (χ0) is 37.9. The van der Waals surface area contributed by atoms with E-state index < -0.39 is 0 Å². The molecule has 0 amide bonds. The van der Waals surface area contributed by atoms with Crippen LogP contribution in [-0.2, 0) is 0 Å². The number of benzene rings is 7. The molecule has 7 aromatic carbocycles. The largest absolute Gasteiger partial charge is 0.436 e. The predicted molar refractivity (Wildman–Crippen MR) is 231 cm³/mol. The molecule has 0 aliphatic carbocycles. The minimum absolute atomic E-state index is 0.500. The van der Waals surface area contributed by atoms with Crippen LogP contribution in [0.4, 0.5) is 0 Å². The van der Waals surface area contributed by atoms with Gasteiger partial charge in [0.15, 0.2) is 11.4 Å². The van der Waals surface area contributed by atoms with E-state index in [1.807, 2.05) is 48.5 Å². The highest BCUT2D eigenvalue weighted by atomic mass is 16.3. The zero-order valence-corrected chi connectivity index (χ0v) is 30.7. The Morgan fingerprint density at radius 3 is 1.88 bits per heavy atom. The number of allylic oxidation sites excluding steroid dienone is 1. The van der Waals surface area contributed by atoms with E-state index in [2.05, 4.69) is 124 Å². The summed E-state index contributed by atoms with van der Waals surface area (Å²) >= 11 is 0. The van der Waals surface area contributed by atoms with Crippen LogP contribution >= 0.6 is 0 Å². The Balaban J connectivity index is 1.22. The van der Waals surface area contributed by atoms with Crippen LogP contribution in [-0.4, -0.2) is 25.7 Å². The van der Waals surface area contributed by atoms with E-state index in [1.54, 1.807) is 12.1 Å². The summed E-state index contributed by atoms with van der Waals surface area (Å²) in [6.45, 7) is 0. The summed E-state index contributed by atoms with van der Waals surface area (Å²) in [5.74, 6) is 1.99. The number of aromatic nitrogens is 3. The molecule has 0 N–H and O–H groups in total. The zero-order valence-electron chi connectivity index (χ0n) is 30.7. The van der Waals surface area contributed by atoms with Crippen LogP contribution in [0, 0.1) is 11.3 Å². The van der Waals surface area contributed by atoms with Crippen molar-refractivity contribution in [1.29, 1.82) is 5.26 Å². The second kappa shape index (κ2) is 13.2. The summed E-state index contributed by atoms with van der Waals surface area (Å²) in [6.07, 6.45) is 3.79. The molecule has 1 aliphatic rings. The topological polar surface area (TPSA) is 84.4 Å². The smallest absolute Gasteiger partial charge is 0.227 e. The highest BCUT2D eigenvalue weighted by Crippen LogP contribution is 2.43. The van der Waals surface area contributed by atoms with Crippen molar-refractivity contribution >= 4 is 72.1 Å². The molecule has 0 spiro atoms. The van der Waals surface area contributed by atoms with Gasteiger partial charge >= 0.3 is 0 Å². The Morgan fingerprint density at radius 2 is 1.18 bits per heavy atom. The van der Waals surface area contributed by atoms with Crippen molar-refractivity contribution in [3.8, 4) is 23.2 Å². The first-order valence-electron chi connectivity index (χ1n) is 19.1. The Bertz CT molecular complexity index is 3340. The van der Waals surface area contributed by atoms with Gasteiger partial charge in [-0.05, 0) is 73.0 Å². The van der Waals surface area contributed by atoms with Crippen molar-refractivity contribution in [2.24, 2.45) is 9.98 Å². The standard InChI is InChI=1S/C50H32N6O/c51-31-32-25-27-35(28-26-32)50-54-46-43(22-12-23-44(46)57-50)55-41-20-9-7-17-36(41)38-29-30-39-37-18-8-10-21-42(37)56(48(39)47(38)55)45-24-11-19-40(33-13-3-1-4-14-33)52-49(53-45)34-15-5-2-6-16-34/h1-10,12-18,20-30H,11,19H2. The second-order valence-electron chi connectivity index (χ2n) is 14.2. The minimum Gasteiger partial charge on any atom is -0.436 e. The number of nitriles is 1. The second-order valence-corrected chi connectivity index (χ2v) is 14.2. The molecule has 0 saturated carbocycles. The normalized spacial score (nSPS) is 13.4. The van der Waals surface area contributed by atoms with E-state index in [0.717, 1.165) is 95.9 Å². The number of hydrogen-bond donors (Lipinski definition) is 0. The van der Waals surface area contributed by atoms with E-state index in [9.17, 15) is 5.26 Å². The number of fused-ring (bicyclic) bond motifs is 8. The fourth-order valence-electron chi connectivity index (χ4n) is 8.31. The van der Waals surface area contributed by atoms with Crippen LogP contribution in [0.3, 0.4) is 0 Å². The Hall–Kier alpha value is -7.82. The van der Waals surface area contributed by atoms with Crippen LogP contribution in [0.2, 0.25) is 0 Å². The first-order valence-corrected chi connectivity index (χ1v) is 19.1. The number of para-hydroxylation sites is 3. The van der Waals surface area contributed by atoms with Gasteiger partial charge in [0.2, 0.25) is 5.89 Å². The van der Waals surface area contributed by atoms with Crippen molar-refractivity contribution in [3.05, 3.63) is 187 Å². The van der Waals surface area contributed by atoms with Gasteiger partial charge in [0, 0.05) is 32.7 Å². The molecule has 57 heavy (non-hydrogen) atoms. The average Bonchev–Trinajstić information content (AvgIpc) is 3.95. The Morgan fingerprint density at radius 1 is 0.544 bits per heavy atom. The molecule has 0 radical (unpaired) electrons. The molecule has 7 heteroatoms. The van der Waals surface area contributed by atoms with Crippen LogP contribution in [0.1, 0.15) is 29.5 Å². The maximum atomic E-state index is 9.39. The number of oxazole rings is 1. The Labute approximate surface area is 327 Å². The van der Waals surface area contributed by atoms with Gasteiger partial charge in [0.25, 0.3) is 0 Å². The molecule has 10 aromatic rings. The summed E-state index contributed by atoms with van der Waals surface area (Å²) in [5.41, 5.74) is 11.0. The van der Waals surface area contributed by atoms with Gasteiger partial charge in [0.05, 0.1) is 45.1 Å². The van der Waals surface area contributed by atoms with Gasteiger partial charge in [0.1, 0.15) is 11.3 Å². The van der Waals surface area contributed by atoms with E-state index in [4.69, 9.17) is 19.4 Å². The first kappa shape index (κ1) is 32.6. The maximum Gasteiger partial charge on any atom is 0.227 e. The van der Waals surface area contributed by atoms with Crippen molar-refractivity contribution in [3.63, 3.8) is 0 Å². The summed E-state index contributed by atoms with van der Waals surface area (Å²) in [7, 11) is 0. The monoisotopic (exact) mass is 732 g/mol. The van der Waals surface area contributed by atoms with Crippen LogP contribution in [0.25, 0.3) is 77.7 Å². The van der Waals surface area contributed by atoms with Crippen molar-refractivity contribution < 1.29 is 4.42 Å². The molecule has 7 nitrogen and oxygen atoms in total. The van der Waals surface area contributed by atoms with Gasteiger partial charge in [-0.3, -0.25) is 4.57 Å². The molecule has 0 bridgehead atoms. The molecule has 1 aliphatic heterocycles. The summed E-state index contributed by atoms with van der Waals surface area (Å²) in [4.78, 5) is 15.9. The highest BCUT2D eigenvalue weighted by Gasteiger charge is 2.24. The maximum absolute atomic E-state index is 9.39. The molecule has 11 rings (SSSR count). The third-order valence-corrected chi connectivity index (χ3v) is 10.9. The number of aliphatic imine (C=N–C) groups is 2. The van der Waals surface area contributed by atoms with Gasteiger partial charge in [-0.15, -0.1) is 0 Å². The summed E-state index contributed by atoms with van der Waals surface area (Å²) < 4.78 is 11.1. The molecule has 268 valence electrons. The van der Waals surface area contributed by atoms with Crippen molar-refractivity contribution in [2.45, 2.75) is 12.8 Å². The van der Waals surface area contributed by atoms with Crippen molar-refractivity contribution in [2.75, 3.05) is 0 Å². The van der Waals surface area contributed by atoms with Crippen LogP contribution in [0.15, 0.2) is 184 Å². The van der Waals surface area contributed by atoms with Gasteiger partial charge in [-0.1, -0.05) is 115 Å². The first-order chi connectivity index (χ1) is 28.2. The number of rotatable bonds is 5. The lowest BCUT2D eigenvalue weighted by molar-refractivity contribution is 0.620. The van der Waals surface area contributed by atoms with E-state index in [-0.39, 0.29) is 0 Å². The number of nitrogens with zero attached hydrogens (tertiary/aromatic N) is 6. The van der Waals surface area contributed by atoms with Crippen LogP contribution in [0.5, 0.6) is 0 Å². The van der Waals surface area contributed by atoms with E-state index in [0.29, 0.717) is 22.9 Å².